The van der Waals surface area contributed by atoms with Crippen molar-refractivity contribution in [3.8, 4) is 0 Å². The average Bonchev–Trinajstić information content (AvgIpc) is 2.91. The Morgan fingerprint density at radius 2 is 1.96 bits per heavy atom. The Morgan fingerprint density at radius 3 is 2.68 bits per heavy atom. The first-order valence-electron chi connectivity index (χ1n) is 8.62. The van der Waals surface area contributed by atoms with Crippen LogP contribution in [0, 0.1) is 5.82 Å². The largest absolute Gasteiger partial charge is 0.367 e. The molecule has 3 heterocycles. The van der Waals surface area contributed by atoms with Gasteiger partial charge in [-0.05, 0) is 30.5 Å². The minimum absolute atomic E-state index is 0.208. The quantitative estimate of drug-likeness (QED) is 0.840. The number of benzene rings is 1. The van der Waals surface area contributed by atoms with Crippen molar-refractivity contribution in [3.05, 3.63) is 41.4 Å². The van der Waals surface area contributed by atoms with Gasteiger partial charge < -0.3 is 20.4 Å². The van der Waals surface area contributed by atoms with Gasteiger partial charge in [0.1, 0.15) is 11.9 Å². The van der Waals surface area contributed by atoms with E-state index in [4.69, 9.17) is 0 Å². The SMILES string of the molecule is C=C1CC[C@H](N2Cc3cc(N4CCNCC4)c(F)cc3C2=O)C(=O)N1. The molecule has 25 heavy (non-hydrogen) atoms. The van der Waals surface area contributed by atoms with Gasteiger partial charge >= 0.3 is 0 Å². The normalized spacial score (nSPS) is 23.7. The lowest BCUT2D eigenvalue weighted by atomic mass is 10.0. The molecule has 2 amide bonds. The Bertz CT molecular complexity index is 758. The summed E-state index contributed by atoms with van der Waals surface area (Å²) >= 11 is 0. The number of hydrogen-bond acceptors (Lipinski definition) is 4. The van der Waals surface area contributed by atoms with Crippen LogP contribution < -0.4 is 15.5 Å². The smallest absolute Gasteiger partial charge is 0.255 e. The van der Waals surface area contributed by atoms with Crippen molar-refractivity contribution >= 4 is 17.5 Å². The molecule has 0 unspecified atom stereocenters. The summed E-state index contributed by atoms with van der Waals surface area (Å²) in [5, 5.41) is 5.96. The van der Waals surface area contributed by atoms with Crippen LogP contribution in [0.5, 0.6) is 0 Å². The van der Waals surface area contributed by atoms with Crippen LogP contribution in [0.4, 0.5) is 10.1 Å². The number of hydrogen-bond donors (Lipinski definition) is 2. The van der Waals surface area contributed by atoms with E-state index in [1.807, 2.05) is 4.90 Å². The maximum absolute atomic E-state index is 14.6. The molecule has 3 aliphatic rings. The van der Waals surface area contributed by atoms with E-state index in [1.54, 1.807) is 11.0 Å². The number of fused-ring (bicyclic) bond motifs is 1. The van der Waals surface area contributed by atoms with Crippen LogP contribution in [0.15, 0.2) is 24.4 Å². The average molecular weight is 344 g/mol. The first-order chi connectivity index (χ1) is 12.0. The molecule has 132 valence electrons. The van der Waals surface area contributed by atoms with E-state index in [9.17, 15) is 14.0 Å². The number of halogens is 1. The fourth-order valence-electron chi connectivity index (χ4n) is 3.80. The van der Waals surface area contributed by atoms with Gasteiger partial charge in [-0.25, -0.2) is 4.39 Å². The zero-order valence-electron chi connectivity index (χ0n) is 14.0. The Balaban J connectivity index is 1.60. The Kier molecular flexibility index (Phi) is 3.95. The second-order valence-corrected chi connectivity index (χ2v) is 6.78. The highest BCUT2D eigenvalue weighted by atomic mass is 19.1. The van der Waals surface area contributed by atoms with Gasteiger partial charge in [-0.15, -0.1) is 0 Å². The van der Waals surface area contributed by atoms with E-state index in [2.05, 4.69) is 17.2 Å². The molecule has 0 aliphatic carbocycles. The highest BCUT2D eigenvalue weighted by molar-refractivity contribution is 6.02. The summed E-state index contributed by atoms with van der Waals surface area (Å²) in [4.78, 5) is 28.5. The molecule has 2 saturated heterocycles. The number of piperazine rings is 1. The number of anilines is 1. The summed E-state index contributed by atoms with van der Waals surface area (Å²) in [6, 6.07) is 2.58. The predicted octanol–water partition coefficient (Wildman–Crippen LogP) is 0.983. The van der Waals surface area contributed by atoms with Crippen molar-refractivity contribution in [2.75, 3.05) is 31.1 Å². The highest BCUT2D eigenvalue weighted by Crippen LogP contribution is 2.33. The first kappa shape index (κ1) is 16.1. The fourth-order valence-corrected chi connectivity index (χ4v) is 3.80. The molecule has 0 bridgehead atoms. The van der Waals surface area contributed by atoms with Crippen LogP contribution >= 0.6 is 0 Å². The zero-order valence-corrected chi connectivity index (χ0v) is 14.0. The van der Waals surface area contributed by atoms with Gasteiger partial charge in [0.25, 0.3) is 5.91 Å². The number of piperidine rings is 1. The van der Waals surface area contributed by atoms with Crippen LogP contribution in [0.25, 0.3) is 0 Å². The van der Waals surface area contributed by atoms with Gasteiger partial charge in [0.15, 0.2) is 0 Å². The zero-order chi connectivity index (χ0) is 17.6. The molecule has 2 fully saturated rings. The lowest BCUT2D eigenvalue weighted by molar-refractivity contribution is -0.126. The van der Waals surface area contributed by atoms with E-state index >= 15 is 0 Å². The van der Waals surface area contributed by atoms with Crippen LogP contribution in [-0.4, -0.2) is 48.9 Å². The van der Waals surface area contributed by atoms with Gasteiger partial charge in [0, 0.05) is 44.0 Å². The second-order valence-electron chi connectivity index (χ2n) is 6.78. The first-order valence-corrected chi connectivity index (χ1v) is 8.62. The maximum atomic E-state index is 14.6. The van der Waals surface area contributed by atoms with Crippen molar-refractivity contribution in [1.82, 2.24) is 15.5 Å². The minimum Gasteiger partial charge on any atom is -0.367 e. The summed E-state index contributed by atoms with van der Waals surface area (Å²) < 4.78 is 14.6. The molecule has 6 nitrogen and oxygen atoms in total. The van der Waals surface area contributed by atoms with E-state index in [0.29, 0.717) is 36.3 Å². The van der Waals surface area contributed by atoms with Gasteiger partial charge in [-0.1, -0.05) is 6.58 Å². The van der Waals surface area contributed by atoms with E-state index in [1.165, 1.54) is 6.07 Å². The Labute approximate surface area is 145 Å². The maximum Gasteiger partial charge on any atom is 0.255 e. The highest BCUT2D eigenvalue weighted by Gasteiger charge is 2.38. The third-order valence-corrected chi connectivity index (χ3v) is 5.16. The summed E-state index contributed by atoms with van der Waals surface area (Å²) in [6.07, 6.45) is 1.20. The van der Waals surface area contributed by atoms with Crippen molar-refractivity contribution in [1.29, 1.82) is 0 Å². The molecule has 0 aromatic heterocycles. The number of carbonyl (C=O) groups is 2. The number of nitrogens with zero attached hydrogens (tertiary/aromatic N) is 2. The number of rotatable bonds is 2. The molecule has 1 atom stereocenters. The number of nitrogens with one attached hydrogen (secondary N) is 2. The molecular weight excluding hydrogens is 323 g/mol. The molecule has 1 aromatic rings. The van der Waals surface area contributed by atoms with Crippen molar-refractivity contribution in [3.63, 3.8) is 0 Å². The third kappa shape index (κ3) is 2.78. The third-order valence-electron chi connectivity index (χ3n) is 5.16. The van der Waals surface area contributed by atoms with Crippen LogP contribution in [0.3, 0.4) is 0 Å². The van der Waals surface area contributed by atoms with E-state index < -0.39 is 6.04 Å². The standard InChI is InChI=1S/C18H21FN4O2/c1-11-2-3-15(17(24)21-11)23-10-12-8-16(22-6-4-20-5-7-22)14(19)9-13(12)18(23)25/h8-9,15,20H,1-7,10H2,(H,21,24)/t15-/m0/s1. The van der Waals surface area contributed by atoms with Gasteiger partial charge in [0.2, 0.25) is 5.91 Å². The summed E-state index contributed by atoms with van der Waals surface area (Å²) in [5.41, 5.74) is 2.37. The molecule has 4 rings (SSSR count). The van der Waals surface area contributed by atoms with Crippen LogP contribution in [0.2, 0.25) is 0 Å². The number of allylic oxidation sites excluding steroid dienone is 1. The number of carbonyl (C=O) groups excluding carboxylic acids is 2. The number of amides is 2. The van der Waals surface area contributed by atoms with Crippen LogP contribution in [-0.2, 0) is 11.3 Å². The Morgan fingerprint density at radius 1 is 1.20 bits per heavy atom. The monoisotopic (exact) mass is 344 g/mol. The second kappa shape index (κ2) is 6.15. The molecule has 1 aromatic carbocycles. The van der Waals surface area contributed by atoms with Crippen molar-refractivity contribution < 1.29 is 14.0 Å². The van der Waals surface area contributed by atoms with E-state index in [0.717, 1.165) is 31.7 Å². The van der Waals surface area contributed by atoms with Crippen molar-refractivity contribution in [2.24, 2.45) is 0 Å². The lowest BCUT2D eigenvalue weighted by Crippen LogP contribution is -2.49. The molecule has 7 heteroatoms. The molecule has 3 aliphatic heterocycles. The summed E-state index contributed by atoms with van der Waals surface area (Å²) in [5.74, 6) is -0.856. The molecule has 0 spiro atoms. The van der Waals surface area contributed by atoms with Crippen LogP contribution in [0.1, 0.15) is 28.8 Å². The summed E-state index contributed by atoms with van der Waals surface area (Å²) in [6.45, 7) is 7.21. The topological polar surface area (TPSA) is 64.7 Å². The summed E-state index contributed by atoms with van der Waals surface area (Å²) in [7, 11) is 0. The fraction of sp³-hybridized carbons (Fsp3) is 0.444. The van der Waals surface area contributed by atoms with Gasteiger partial charge in [-0.3, -0.25) is 9.59 Å². The van der Waals surface area contributed by atoms with Crippen molar-refractivity contribution in [2.45, 2.75) is 25.4 Å². The molecule has 0 saturated carbocycles. The van der Waals surface area contributed by atoms with Gasteiger partial charge in [-0.2, -0.15) is 0 Å². The molecule has 2 N–H and O–H groups in total. The minimum atomic E-state index is -0.518. The predicted molar refractivity (Wildman–Crippen MR) is 91.7 cm³/mol. The molecular formula is C18H21FN4O2. The lowest BCUT2D eigenvalue weighted by Gasteiger charge is -2.31. The Hall–Kier alpha value is -2.41. The van der Waals surface area contributed by atoms with E-state index in [-0.39, 0.29) is 17.6 Å². The molecule has 0 radical (unpaired) electrons. The van der Waals surface area contributed by atoms with Gasteiger partial charge in [0.05, 0.1) is 5.69 Å².